The molecule has 0 spiro atoms. The Labute approximate surface area is 101 Å². The van der Waals surface area contributed by atoms with Crippen molar-refractivity contribution < 1.29 is 0 Å². The smallest absolute Gasteiger partial charge is 0.202 e. The van der Waals surface area contributed by atoms with Gasteiger partial charge in [0.15, 0.2) is 0 Å². The van der Waals surface area contributed by atoms with Crippen molar-refractivity contribution in [1.29, 1.82) is 0 Å². The quantitative estimate of drug-likeness (QED) is 0.685. The van der Waals surface area contributed by atoms with Gasteiger partial charge in [0.25, 0.3) is 0 Å². The second kappa shape index (κ2) is 3.33. The fraction of sp³-hybridized carbons (Fsp3) is 0.250. The minimum atomic E-state index is 0.194. The minimum absolute atomic E-state index is 0.194. The van der Waals surface area contributed by atoms with E-state index in [4.69, 9.17) is 0 Å². The van der Waals surface area contributed by atoms with E-state index in [1.54, 1.807) is 0 Å². The highest BCUT2D eigenvalue weighted by atomic mass is 127. The SMILES string of the molecule is O=c1c(I)c2n(c3ccccc13)CCC2. The van der Waals surface area contributed by atoms with Crippen molar-refractivity contribution in [1.82, 2.24) is 4.57 Å². The monoisotopic (exact) mass is 311 g/mol. The zero-order valence-electron chi connectivity index (χ0n) is 8.16. The van der Waals surface area contributed by atoms with Gasteiger partial charge in [0.05, 0.1) is 9.09 Å². The number of rotatable bonds is 0. The van der Waals surface area contributed by atoms with Crippen LogP contribution >= 0.6 is 22.6 Å². The number of aromatic nitrogens is 1. The standard InChI is InChI=1S/C12H10INO/c13-11-10-6-3-7-14(10)9-5-2-1-4-8(9)12(11)15/h1-2,4-5H,3,6-7H2. The summed E-state index contributed by atoms with van der Waals surface area (Å²) < 4.78 is 3.20. The molecule has 3 rings (SSSR count). The van der Waals surface area contributed by atoms with E-state index in [-0.39, 0.29) is 5.43 Å². The van der Waals surface area contributed by atoms with Crippen LogP contribution in [0.25, 0.3) is 10.9 Å². The molecule has 1 aliphatic heterocycles. The maximum absolute atomic E-state index is 12.1. The van der Waals surface area contributed by atoms with Gasteiger partial charge in [-0.05, 0) is 47.6 Å². The van der Waals surface area contributed by atoms with Crippen molar-refractivity contribution in [3.05, 3.63) is 43.8 Å². The van der Waals surface area contributed by atoms with E-state index in [1.165, 1.54) is 5.69 Å². The number of aryl methyl sites for hydroxylation is 1. The fourth-order valence-electron chi connectivity index (χ4n) is 2.32. The number of nitrogens with zero attached hydrogens (tertiary/aromatic N) is 1. The van der Waals surface area contributed by atoms with E-state index >= 15 is 0 Å². The first kappa shape index (κ1) is 9.39. The summed E-state index contributed by atoms with van der Waals surface area (Å²) in [5, 5.41) is 0.854. The molecule has 2 aromatic rings. The van der Waals surface area contributed by atoms with Crippen LogP contribution in [0.1, 0.15) is 12.1 Å². The first-order valence-electron chi connectivity index (χ1n) is 5.09. The van der Waals surface area contributed by atoms with Gasteiger partial charge in [-0.1, -0.05) is 12.1 Å². The second-order valence-corrected chi connectivity index (χ2v) is 4.94. The Bertz CT molecular complexity index is 600. The summed E-state index contributed by atoms with van der Waals surface area (Å²) in [5.74, 6) is 0. The molecule has 0 amide bonds. The highest BCUT2D eigenvalue weighted by Gasteiger charge is 2.18. The molecule has 3 heteroatoms. The molecular weight excluding hydrogens is 301 g/mol. The van der Waals surface area contributed by atoms with E-state index in [1.807, 2.05) is 24.3 Å². The summed E-state index contributed by atoms with van der Waals surface area (Å²) in [6.07, 6.45) is 2.20. The third-order valence-electron chi connectivity index (χ3n) is 3.01. The van der Waals surface area contributed by atoms with Crippen molar-refractivity contribution >= 4 is 33.5 Å². The third-order valence-corrected chi connectivity index (χ3v) is 4.13. The molecule has 1 aromatic heterocycles. The average molecular weight is 311 g/mol. The molecule has 1 aromatic carbocycles. The van der Waals surface area contributed by atoms with Gasteiger partial charge in [-0.2, -0.15) is 0 Å². The Morgan fingerprint density at radius 3 is 2.93 bits per heavy atom. The molecule has 0 fully saturated rings. The lowest BCUT2D eigenvalue weighted by molar-refractivity contribution is 0.768. The minimum Gasteiger partial charge on any atom is -0.343 e. The predicted octanol–water partition coefficient (Wildman–Crippen LogP) is 2.55. The van der Waals surface area contributed by atoms with Gasteiger partial charge in [0.1, 0.15) is 0 Å². The molecule has 2 nitrogen and oxygen atoms in total. The molecular formula is C12H10INO. The fourth-order valence-corrected chi connectivity index (χ4v) is 3.17. The largest absolute Gasteiger partial charge is 0.343 e. The van der Waals surface area contributed by atoms with Crippen LogP contribution in [0.4, 0.5) is 0 Å². The molecule has 0 bridgehead atoms. The van der Waals surface area contributed by atoms with Crippen molar-refractivity contribution in [2.45, 2.75) is 19.4 Å². The zero-order chi connectivity index (χ0) is 10.4. The van der Waals surface area contributed by atoms with Gasteiger partial charge in [-0.15, -0.1) is 0 Å². The lowest BCUT2D eigenvalue weighted by Crippen LogP contribution is -2.14. The molecule has 0 unspecified atom stereocenters. The predicted molar refractivity (Wildman–Crippen MR) is 69.2 cm³/mol. The molecule has 0 aliphatic carbocycles. The van der Waals surface area contributed by atoms with Crippen LogP contribution in [0.5, 0.6) is 0 Å². The summed E-state index contributed by atoms with van der Waals surface area (Å²) in [5.41, 5.74) is 2.51. The highest BCUT2D eigenvalue weighted by Crippen LogP contribution is 2.23. The van der Waals surface area contributed by atoms with Crippen LogP contribution in [0.2, 0.25) is 0 Å². The van der Waals surface area contributed by atoms with Gasteiger partial charge < -0.3 is 4.57 Å². The molecule has 1 aliphatic rings. The van der Waals surface area contributed by atoms with Gasteiger partial charge in [0.2, 0.25) is 5.43 Å². The first-order chi connectivity index (χ1) is 7.29. The Kier molecular flexibility index (Phi) is 2.09. The third kappa shape index (κ3) is 1.25. The van der Waals surface area contributed by atoms with E-state index in [2.05, 4.69) is 27.2 Å². The number of halogens is 1. The molecule has 2 heterocycles. The number of pyridine rings is 1. The Morgan fingerprint density at radius 2 is 2.07 bits per heavy atom. The van der Waals surface area contributed by atoms with E-state index in [0.29, 0.717) is 0 Å². The normalized spacial score (nSPS) is 14.5. The maximum atomic E-state index is 12.1. The van der Waals surface area contributed by atoms with Crippen LogP contribution in [0, 0.1) is 3.57 Å². The summed E-state index contributed by atoms with van der Waals surface area (Å²) in [6, 6.07) is 7.90. The van der Waals surface area contributed by atoms with Gasteiger partial charge in [-0.3, -0.25) is 4.79 Å². The summed E-state index contributed by atoms with van der Waals surface area (Å²) in [6.45, 7) is 1.05. The Balaban J connectivity index is 2.58. The van der Waals surface area contributed by atoms with Crippen LogP contribution in [0.15, 0.2) is 29.1 Å². The lowest BCUT2D eigenvalue weighted by Gasteiger charge is -2.10. The number of hydrogen-bond acceptors (Lipinski definition) is 1. The molecule has 0 N–H and O–H groups in total. The number of benzene rings is 1. The van der Waals surface area contributed by atoms with Gasteiger partial charge in [-0.25, -0.2) is 0 Å². The summed E-state index contributed by atoms with van der Waals surface area (Å²) in [4.78, 5) is 12.1. The van der Waals surface area contributed by atoms with Crippen molar-refractivity contribution in [2.75, 3.05) is 0 Å². The molecule has 0 radical (unpaired) electrons. The van der Waals surface area contributed by atoms with E-state index in [9.17, 15) is 4.79 Å². The molecule has 76 valence electrons. The highest BCUT2D eigenvalue weighted by molar-refractivity contribution is 14.1. The van der Waals surface area contributed by atoms with Crippen molar-refractivity contribution in [3.63, 3.8) is 0 Å². The van der Waals surface area contributed by atoms with Crippen molar-refractivity contribution in [2.24, 2.45) is 0 Å². The Hall–Kier alpha value is -0.840. The van der Waals surface area contributed by atoms with Crippen LogP contribution < -0.4 is 5.43 Å². The summed E-state index contributed by atoms with van der Waals surface area (Å²) in [7, 11) is 0. The lowest BCUT2D eigenvalue weighted by atomic mass is 10.2. The van der Waals surface area contributed by atoms with Crippen molar-refractivity contribution in [3.8, 4) is 0 Å². The van der Waals surface area contributed by atoms with Crippen LogP contribution in [0.3, 0.4) is 0 Å². The Morgan fingerprint density at radius 1 is 1.27 bits per heavy atom. The van der Waals surface area contributed by atoms with E-state index in [0.717, 1.165) is 33.9 Å². The number of hydrogen-bond donors (Lipinski definition) is 0. The number of fused-ring (bicyclic) bond motifs is 3. The molecule has 0 saturated carbocycles. The maximum Gasteiger partial charge on any atom is 0.202 e. The topological polar surface area (TPSA) is 22.0 Å². The second-order valence-electron chi connectivity index (χ2n) is 3.86. The first-order valence-corrected chi connectivity index (χ1v) is 6.17. The van der Waals surface area contributed by atoms with E-state index < -0.39 is 0 Å². The molecule has 0 saturated heterocycles. The van der Waals surface area contributed by atoms with Gasteiger partial charge >= 0.3 is 0 Å². The van der Waals surface area contributed by atoms with Crippen LogP contribution in [-0.4, -0.2) is 4.57 Å². The molecule has 15 heavy (non-hydrogen) atoms. The average Bonchev–Trinajstić information content (AvgIpc) is 2.75. The molecule has 0 atom stereocenters. The van der Waals surface area contributed by atoms with Crippen LogP contribution in [-0.2, 0) is 13.0 Å². The summed E-state index contributed by atoms with van der Waals surface area (Å²) >= 11 is 2.19. The van der Waals surface area contributed by atoms with Gasteiger partial charge in [0, 0.05) is 17.6 Å². The zero-order valence-corrected chi connectivity index (χ0v) is 10.3. The number of para-hydroxylation sites is 1.